The molecule has 2 rings (SSSR count). The molecule has 0 amide bonds. The van der Waals surface area contributed by atoms with Crippen LogP contribution >= 0.6 is 35.0 Å². The molecule has 5 heteroatoms. The lowest BCUT2D eigenvalue weighted by molar-refractivity contribution is 0.411. The van der Waals surface area contributed by atoms with Gasteiger partial charge in [-0.2, -0.15) is 0 Å². The summed E-state index contributed by atoms with van der Waals surface area (Å²) in [4.78, 5) is 0.956. The van der Waals surface area contributed by atoms with Crippen molar-refractivity contribution in [3.63, 3.8) is 0 Å². The van der Waals surface area contributed by atoms with Gasteiger partial charge in [-0.05, 0) is 42.8 Å². The van der Waals surface area contributed by atoms with E-state index in [-0.39, 0.29) is 6.04 Å². The van der Waals surface area contributed by atoms with E-state index in [1.807, 2.05) is 31.2 Å². The number of halogens is 2. The van der Waals surface area contributed by atoms with E-state index >= 15 is 0 Å². The third-order valence-corrected chi connectivity index (χ3v) is 4.89. The first kappa shape index (κ1) is 16.5. The van der Waals surface area contributed by atoms with Crippen molar-refractivity contribution in [1.29, 1.82) is 0 Å². The van der Waals surface area contributed by atoms with E-state index in [9.17, 15) is 0 Å². The second-order valence-corrected chi connectivity index (χ2v) is 6.58. The first-order valence-corrected chi connectivity index (χ1v) is 8.25. The molecule has 0 fully saturated rings. The van der Waals surface area contributed by atoms with E-state index in [0.29, 0.717) is 10.0 Å². The molecule has 0 bridgehead atoms. The molecule has 2 N–H and O–H groups in total. The van der Waals surface area contributed by atoms with Gasteiger partial charge in [0.15, 0.2) is 0 Å². The average Bonchev–Trinajstić information content (AvgIpc) is 2.47. The first-order valence-electron chi connectivity index (χ1n) is 6.51. The van der Waals surface area contributed by atoms with Crippen molar-refractivity contribution in [2.45, 2.75) is 23.6 Å². The number of benzene rings is 2. The Hall–Kier alpha value is -0.870. The van der Waals surface area contributed by atoms with E-state index in [0.717, 1.165) is 27.5 Å². The maximum absolute atomic E-state index is 6.19. The third-order valence-electron chi connectivity index (χ3n) is 3.11. The van der Waals surface area contributed by atoms with Crippen molar-refractivity contribution in [3.8, 4) is 5.75 Å². The van der Waals surface area contributed by atoms with Gasteiger partial charge in [0.1, 0.15) is 5.75 Å². The van der Waals surface area contributed by atoms with Gasteiger partial charge < -0.3 is 10.5 Å². The van der Waals surface area contributed by atoms with E-state index in [1.54, 1.807) is 24.9 Å². The van der Waals surface area contributed by atoms with Crippen LogP contribution in [0.1, 0.15) is 24.1 Å². The molecule has 0 spiro atoms. The highest BCUT2D eigenvalue weighted by Crippen LogP contribution is 2.34. The summed E-state index contributed by atoms with van der Waals surface area (Å²) in [6, 6.07) is 11.5. The fourth-order valence-corrected chi connectivity index (χ4v) is 3.41. The quantitative estimate of drug-likeness (QED) is 0.748. The summed E-state index contributed by atoms with van der Waals surface area (Å²) in [5, 5.41) is 1.38. The monoisotopic (exact) mass is 341 g/mol. The lowest BCUT2D eigenvalue weighted by atomic mass is 10.1. The second-order valence-electron chi connectivity index (χ2n) is 4.72. The smallest absolute Gasteiger partial charge is 0.122 e. The van der Waals surface area contributed by atoms with Gasteiger partial charge in [0.25, 0.3) is 0 Å². The predicted octanol–water partition coefficient (Wildman–Crippen LogP) is 5.31. The molecular weight excluding hydrogens is 325 g/mol. The van der Waals surface area contributed by atoms with Crippen LogP contribution in [0.25, 0.3) is 0 Å². The molecule has 1 unspecified atom stereocenters. The van der Waals surface area contributed by atoms with Crippen LogP contribution in [0.3, 0.4) is 0 Å². The van der Waals surface area contributed by atoms with Crippen LogP contribution in [-0.2, 0) is 5.75 Å². The van der Waals surface area contributed by atoms with Gasteiger partial charge >= 0.3 is 0 Å². The zero-order chi connectivity index (χ0) is 15.4. The molecule has 2 nitrogen and oxygen atoms in total. The fourth-order valence-electron chi connectivity index (χ4n) is 1.94. The summed E-state index contributed by atoms with van der Waals surface area (Å²) in [5.41, 5.74) is 8.12. The normalized spacial score (nSPS) is 12.2. The van der Waals surface area contributed by atoms with Crippen molar-refractivity contribution in [3.05, 3.63) is 57.6 Å². The maximum Gasteiger partial charge on any atom is 0.122 e. The summed E-state index contributed by atoms with van der Waals surface area (Å²) in [6.45, 7) is 1.96. The van der Waals surface area contributed by atoms with Crippen LogP contribution in [0.2, 0.25) is 10.0 Å². The van der Waals surface area contributed by atoms with Crippen LogP contribution in [0, 0.1) is 0 Å². The Labute approximate surface area is 139 Å². The summed E-state index contributed by atoms with van der Waals surface area (Å²) < 4.78 is 5.41. The largest absolute Gasteiger partial charge is 0.496 e. The molecule has 0 radical (unpaired) electrons. The highest BCUT2D eigenvalue weighted by atomic mass is 35.5. The molecule has 0 aliphatic rings. The fraction of sp³-hybridized carbons (Fsp3) is 0.250. The topological polar surface area (TPSA) is 35.2 Å². The number of nitrogens with two attached hydrogens (primary N) is 1. The minimum atomic E-state index is -0.00517. The zero-order valence-electron chi connectivity index (χ0n) is 11.9. The Kier molecular flexibility index (Phi) is 5.82. The maximum atomic E-state index is 6.19. The molecule has 0 aromatic heterocycles. The van der Waals surface area contributed by atoms with E-state index < -0.39 is 0 Å². The van der Waals surface area contributed by atoms with E-state index in [2.05, 4.69) is 6.07 Å². The van der Waals surface area contributed by atoms with Crippen molar-refractivity contribution in [2.24, 2.45) is 5.73 Å². The molecular formula is C16H17Cl2NOS. The summed E-state index contributed by atoms with van der Waals surface area (Å²) in [6.07, 6.45) is 0. The van der Waals surface area contributed by atoms with Gasteiger partial charge in [-0.1, -0.05) is 29.3 Å². The lowest BCUT2D eigenvalue weighted by Crippen LogP contribution is -2.05. The van der Waals surface area contributed by atoms with Crippen LogP contribution in [0.5, 0.6) is 5.75 Å². The number of hydrogen-bond donors (Lipinski definition) is 1. The number of hydrogen-bond acceptors (Lipinski definition) is 3. The second kappa shape index (κ2) is 7.41. The minimum absolute atomic E-state index is 0.00517. The van der Waals surface area contributed by atoms with Crippen LogP contribution < -0.4 is 10.5 Å². The van der Waals surface area contributed by atoms with E-state index in [4.69, 9.17) is 33.7 Å². The molecule has 1 atom stereocenters. The summed E-state index contributed by atoms with van der Waals surface area (Å²) in [5.74, 6) is 1.59. The van der Waals surface area contributed by atoms with Gasteiger partial charge in [-0.25, -0.2) is 0 Å². The molecule has 0 saturated heterocycles. The Bertz CT molecular complexity index is 632. The summed E-state index contributed by atoms with van der Waals surface area (Å²) in [7, 11) is 1.67. The Balaban J connectivity index is 2.22. The summed E-state index contributed by atoms with van der Waals surface area (Å²) >= 11 is 13.8. The zero-order valence-corrected chi connectivity index (χ0v) is 14.2. The van der Waals surface area contributed by atoms with E-state index in [1.165, 1.54) is 0 Å². The Morgan fingerprint density at radius 2 is 1.95 bits per heavy atom. The Morgan fingerprint density at radius 3 is 2.62 bits per heavy atom. The van der Waals surface area contributed by atoms with Gasteiger partial charge in [0.05, 0.1) is 12.1 Å². The predicted molar refractivity (Wildman–Crippen MR) is 91.6 cm³/mol. The molecule has 0 saturated carbocycles. The standard InChI is InChI=1S/C16H17Cl2NOS/c1-10(19)11-3-6-15(20-2)12(7-11)9-21-16-8-13(17)4-5-14(16)18/h3-8,10H,9,19H2,1-2H3. The number of methoxy groups -OCH3 is 1. The third kappa shape index (κ3) is 4.30. The molecule has 21 heavy (non-hydrogen) atoms. The van der Waals surface area contributed by atoms with Gasteiger partial charge in [0, 0.05) is 27.3 Å². The van der Waals surface area contributed by atoms with Crippen LogP contribution in [0.15, 0.2) is 41.3 Å². The van der Waals surface area contributed by atoms with Crippen molar-refractivity contribution in [1.82, 2.24) is 0 Å². The molecule has 2 aromatic carbocycles. The highest BCUT2D eigenvalue weighted by Gasteiger charge is 2.09. The van der Waals surface area contributed by atoms with Crippen molar-refractivity contribution >= 4 is 35.0 Å². The molecule has 112 valence electrons. The molecule has 2 aromatic rings. The van der Waals surface area contributed by atoms with Gasteiger partial charge in [-0.3, -0.25) is 0 Å². The molecule has 0 heterocycles. The minimum Gasteiger partial charge on any atom is -0.496 e. The van der Waals surface area contributed by atoms with Crippen molar-refractivity contribution in [2.75, 3.05) is 7.11 Å². The SMILES string of the molecule is COc1ccc(C(C)N)cc1CSc1cc(Cl)ccc1Cl. The highest BCUT2D eigenvalue weighted by molar-refractivity contribution is 7.98. The number of thioether (sulfide) groups is 1. The first-order chi connectivity index (χ1) is 10.0. The van der Waals surface area contributed by atoms with Crippen molar-refractivity contribution < 1.29 is 4.74 Å². The lowest BCUT2D eigenvalue weighted by Gasteiger charge is -2.13. The average molecular weight is 342 g/mol. The number of rotatable bonds is 5. The number of ether oxygens (including phenoxy) is 1. The Morgan fingerprint density at radius 1 is 1.19 bits per heavy atom. The van der Waals surface area contributed by atoms with Crippen LogP contribution in [0.4, 0.5) is 0 Å². The van der Waals surface area contributed by atoms with Gasteiger partial charge in [-0.15, -0.1) is 11.8 Å². The van der Waals surface area contributed by atoms with Gasteiger partial charge in [0.2, 0.25) is 0 Å². The molecule has 0 aliphatic carbocycles. The van der Waals surface area contributed by atoms with Crippen LogP contribution in [-0.4, -0.2) is 7.11 Å². The molecule has 0 aliphatic heterocycles.